The van der Waals surface area contributed by atoms with Gasteiger partial charge in [-0.1, -0.05) is 29.8 Å². The lowest BCUT2D eigenvalue weighted by Gasteiger charge is -2.04. The zero-order valence-corrected chi connectivity index (χ0v) is 14.5. The molecule has 2 aromatic heterocycles. The molecule has 1 aromatic carbocycles. The van der Waals surface area contributed by atoms with Crippen molar-refractivity contribution in [2.24, 2.45) is 5.10 Å². The molecule has 0 spiro atoms. The van der Waals surface area contributed by atoms with E-state index in [0.29, 0.717) is 5.69 Å². The molecule has 26 heavy (non-hydrogen) atoms. The average molecular weight is 351 g/mol. The van der Waals surface area contributed by atoms with Crippen LogP contribution >= 0.6 is 0 Å². The molecule has 9 nitrogen and oxygen atoms in total. The Morgan fingerprint density at radius 3 is 2.62 bits per heavy atom. The summed E-state index contributed by atoms with van der Waals surface area (Å²) in [6.07, 6.45) is 1.54. The van der Waals surface area contributed by atoms with Gasteiger partial charge in [0, 0.05) is 0 Å². The molecule has 0 aliphatic carbocycles. The van der Waals surface area contributed by atoms with Crippen LogP contribution in [0.4, 0.5) is 0 Å². The van der Waals surface area contributed by atoms with Crippen LogP contribution in [-0.4, -0.2) is 37.1 Å². The number of nitrogens with one attached hydrogen (secondary N) is 2. The van der Waals surface area contributed by atoms with Gasteiger partial charge >= 0.3 is 0 Å². The number of amides is 1. The third-order valence-corrected chi connectivity index (χ3v) is 3.57. The lowest BCUT2D eigenvalue weighted by Crippen LogP contribution is -2.24. The maximum absolute atomic E-state index is 12.4. The highest BCUT2D eigenvalue weighted by molar-refractivity contribution is 5.93. The van der Waals surface area contributed by atoms with Crippen molar-refractivity contribution in [1.29, 1.82) is 0 Å². The smallest absolute Gasteiger partial charge is 0.288 e. The van der Waals surface area contributed by atoms with Crippen LogP contribution < -0.4 is 11.0 Å². The first-order valence-electron chi connectivity index (χ1n) is 7.85. The Morgan fingerprint density at radius 1 is 1.19 bits per heavy atom. The van der Waals surface area contributed by atoms with E-state index in [-0.39, 0.29) is 17.3 Å². The first-order chi connectivity index (χ1) is 12.4. The van der Waals surface area contributed by atoms with Crippen LogP contribution in [0, 0.1) is 20.8 Å². The Kier molecular flexibility index (Phi) is 4.70. The Balaban J connectivity index is 1.82. The molecule has 0 aliphatic rings. The number of benzene rings is 1. The van der Waals surface area contributed by atoms with Crippen molar-refractivity contribution in [2.75, 3.05) is 0 Å². The molecule has 0 saturated carbocycles. The number of hydrazone groups is 1. The number of aromatic amines is 1. The van der Waals surface area contributed by atoms with E-state index in [1.54, 1.807) is 19.2 Å². The van der Waals surface area contributed by atoms with Gasteiger partial charge in [0.1, 0.15) is 11.4 Å². The minimum atomic E-state index is -0.489. The summed E-state index contributed by atoms with van der Waals surface area (Å²) in [4.78, 5) is 26.7. The minimum absolute atomic E-state index is 0.0568. The molecule has 9 heteroatoms. The minimum Gasteiger partial charge on any atom is -0.288 e. The number of nitrogens with zero attached hydrogens (tertiary/aromatic N) is 5. The van der Waals surface area contributed by atoms with Gasteiger partial charge in [0.2, 0.25) is 0 Å². The summed E-state index contributed by atoms with van der Waals surface area (Å²) in [6.45, 7) is 5.25. The van der Waals surface area contributed by atoms with E-state index >= 15 is 0 Å². The number of carbonyl (C=O) groups is 1. The number of H-pyrrole nitrogens is 1. The van der Waals surface area contributed by atoms with Gasteiger partial charge in [0.25, 0.3) is 17.4 Å². The molecule has 0 aliphatic heterocycles. The van der Waals surface area contributed by atoms with Crippen LogP contribution in [0.15, 0.2) is 40.2 Å². The molecular weight excluding hydrogens is 334 g/mol. The van der Waals surface area contributed by atoms with Crippen LogP contribution in [0.2, 0.25) is 0 Å². The van der Waals surface area contributed by atoms with Crippen molar-refractivity contribution < 1.29 is 4.79 Å². The van der Waals surface area contributed by atoms with Crippen molar-refractivity contribution in [2.45, 2.75) is 20.8 Å². The highest BCUT2D eigenvalue weighted by Gasteiger charge is 2.17. The van der Waals surface area contributed by atoms with Crippen molar-refractivity contribution >= 4 is 12.1 Å². The second-order valence-electron chi connectivity index (χ2n) is 5.76. The lowest BCUT2D eigenvalue weighted by molar-refractivity contribution is 0.0947. The summed E-state index contributed by atoms with van der Waals surface area (Å²) < 4.78 is 1.22. The third-order valence-electron chi connectivity index (χ3n) is 3.57. The molecule has 3 rings (SSSR count). The van der Waals surface area contributed by atoms with E-state index in [0.717, 1.165) is 11.1 Å². The Morgan fingerprint density at radius 2 is 1.92 bits per heavy atom. The summed E-state index contributed by atoms with van der Waals surface area (Å²) in [5, 5.41) is 15.8. The number of hydrogen-bond donors (Lipinski definition) is 2. The maximum atomic E-state index is 12.4. The highest BCUT2D eigenvalue weighted by atomic mass is 16.2. The average Bonchev–Trinajstić information content (AvgIpc) is 3.01. The number of rotatable bonds is 4. The van der Waals surface area contributed by atoms with Crippen LogP contribution in [-0.2, 0) is 0 Å². The van der Waals surface area contributed by atoms with E-state index in [4.69, 9.17) is 0 Å². The number of aryl methyl sites for hydroxylation is 3. The highest BCUT2D eigenvalue weighted by Crippen LogP contribution is 2.08. The maximum Gasteiger partial charge on any atom is 0.290 e. The number of hydrogen-bond acceptors (Lipinski definition) is 6. The van der Waals surface area contributed by atoms with Crippen molar-refractivity contribution in [3.05, 3.63) is 68.9 Å². The quantitative estimate of drug-likeness (QED) is 0.538. The summed E-state index contributed by atoms with van der Waals surface area (Å²) in [7, 11) is 0. The van der Waals surface area contributed by atoms with E-state index in [2.05, 4.69) is 30.8 Å². The molecule has 0 fully saturated rings. The molecule has 1 amide bonds. The van der Waals surface area contributed by atoms with Crippen LogP contribution in [0.5, 0.6) is 0 Å². The van der Waals surface area contributed by atoms with Crippen LogP contribution in [0.3, 0.4) is 0 Å². The standard InChI is InChI=1S/C17H17N7O2/c1-10-4-6-13(7-5-10)9-18-21-16(26)14-8-11(2)23-24(14)17-19-15(25)12(3)20-22-17/h4-9H,1-3H3,(H,21,26)(H,19,22,25)/b18-9-. The van der Waals surface area contributed by atoms with Crippen molar-refractivity contribution in [1.82, 2.24) is 30.4 Å². The predicted octanol–water partition coefficient (Wildman–Crippen LogP) is 1.04. The fourth-order valence-corrected chi connectivity index (χ4v) is 2.18. The first kappa shape index (κ1) is 17.2. The Labute approximate surface area is 148 Å². The fraction of sp³-hybridized carbons (Fsp3) is 0.176. The number of carbonyl (C=O) groups excluding carboxylic acids is 1. The molecule has 132 valence electrons. The van der Waals surface area contributed by atoms with Crippen LogP contribution in [0.1, 0.15) is 33.0 Å². The summed E-state index contributed by atoms with van der Waals surface area (Å²) in [5.74, 6) is -0.432. The third kappa shape index (κ3) is 3.72. The zero-order chi connectivity index (χ0) is 18.7. The topological polar surface area (TPSA) is 118 Å². The van der Waals surface area contributed by atoms with Gasteiger partial charge in [0.05, 0.1) is 11.9 Å². The molecule has 0 saturated heterocycles. The van der Waals surface area contributed by atoms with Crippen molar-refractivity contribution in [3.63, 3.8) is 0 Å². The van der Waals surface area contributed by atoms with Crippen molar-refractivity contribution in [3.8, 4) is 5.95 Å². The number of aromatic nitrogens is 5. The largest absolute Gasteiger partial charge is 0.290 e. The van der Waals surface area contributed by atoms with Gasteiger partial charge in [-0.05, 0) is 32.4 Å². The molecule has 0 bridgehead atoms. The van der Waals surface area contributed by atoms with Gasteiger partial charge in [-0.2, -0.15) is 14.9 Å². The van der Waals surface area contributed by atoms with Gasteiger partial charge in [-0.25, -0.2) is 5.43 Å². The molecule has 0 unspecified atom stereocenters. The second kappa shape index (κ2) is 7.09. The van der Waals surface area contributed by atoms with Gasteiger partial charge in [0.15, 0.2) is 0 Å². The Hall–Kier alpha value is -3.62. The van der Waals surface area contributed by atoms with Gasteiger partial charge in [-0.15, -0.1) is 10.2 Å². The molecule has 0 atom stereocenters. The fourth-order valence-electron chi connectivity index (χ4n) is 2.18. The van der Waals surface area contributed by atoms with E-state index in [9.17, 15) is 9.59 Å². The predicted molar refractivity (Wildman–Crippen MR) is 95.5 cm³/mol. The summed E-state index contributed by atoms with van der Waals surface area (Å²) in [5.41, 5.74) is 5.03. The first-order valence-corrected chi connectivity index (χ1v) is 7.85. The SMILES string of the molecule is Cc1ccc(/C=N\NC(=O)c2cc(C)nn2-c2nnc(C)c(=O)[nH]2)cc1. The second-order valence-corrected chi connectivity index (χ2v) is 5.76. The van der Waals surface area contributed by atoms with E-state index in [1.807, 2.05) is 31.2 Å². The van der Waals surface area contributed by atoms with E-state index in [1.165, 1.54) is 11.6 Å². The molecular formula is C17H17N7O2. The molecule has 3 aromatic rings. The normalized spacial score (nSPS) is 11.0. The van der Waals surface area contributed by atoms with Crippen LogP contribution in [0.25, 0.3) is 5.95 Å². The summed E-state index contributed by atoms with van der Waals surface area (Å²) >= 11 is 0. The molecule has 2 heterocycles. The summed E-state index contributed by atoms with van der Waals surface area (Å²) in [6, 6.07) is 9.26. The zero-order valence-electron chi connectivity index (χ0n) is 14.5. The molecule has 0 radical (unpaired) electrons. The molecule has 2 N–H and O–H groups in total. The van der Waals surface area contributed by atoms with Gasteiger partial charge in [-0.3, -0.25) is 14.6 Å². The Bertz CT molecular complexity index is 1030. The lowest BCUT2D eigenvalue weighted by atomic mass is 10.2. The van der Waals surface area contributed by atoms with E-state index < -0.39 is 11.5 Å². The van der Waals surface area contributed by atoms with Gasteiger partial charge < -0.3 is 0 Å². The monoisotopic (exact) mass is 351 g/mol.